The Hall–Kier alpha value is -1.11. The van der Waals surface area contributed by atoms with Crippen molar-refractivity contribution in [3.8, 4) is 0 Å². The van der Waals surface area contributed by atoms with Crippen LogP contribution in [0.4, 0.5) is 0 Å². The summed E-state index contributed by atoms with van der Waals surface area (Å²) in [5.41, 5.74) is 3.66. The highest BCUT2D eigenvalue weighted by Gasteiger charge is 2.57. The zero-order valence-corrected chi connectivity index (χ0v) is 11.7. The Balaban J connectivity index is 2.87. The Labute approximate surface area is 104 Å². The maximum Gasteiger partial charge on any atom is 0.150 e. The third-order valence-electron chi connectivity index (χ3n) is 5.65. The van der Waals surface area contributed by atoms with Gasteiger partial charge in [0.2, 0.25) is 0 Å². The summed E-state index contributed by atoms with van der Waals surface area (Å²) in [4.78, 5) is 11.3. The Morgan fingerprint density at radius 1 is 0.941 bits per heavy atom. The predicted octanol–water partition coefficient (Wildman–Crippen LogP) is 4.09. The minimum absolute atomic E-state index is 0.0172. The SMILES string of the molecule is CC1(C)c2cccc(C=O)c2C(C)(C)C1(C)C. The second kappa shape index (κ2) is 3.22. The number of hydrogen-bond acceptors (Lipinski definition) is 1. The van der Waals surface area contributed by atoms with Crippen LogP contribution in [0.5, 0.6) is 0 Å². The van der Waals surface area contributed by atoms with Crippen LogP contribution in [0, 0.1) is 5.41 Å². The molecule has 0 amide bonds. The van der Waals surface area contributed by atoms with E-state index in [-0.39, 0.29) is 16.2 Å². The lowest BCUT2D eigenvalue weighted by Crippen LogP contribution is -2.42. The van der Waals surface area contributed by atoms with Crippen molar-refractivity contribution in [1.29, 1.82) is 0 Å². The van der Waals surface area contributed by atoms with Crippen LogP contribution in [0.3, 0.4) is 0 Å². The summed E-state index contributed by atoms with van der Waals surface area (Å²) in [5.74, 6) is 0. The molecular formula is C16H22O. The summed E-state index contributed by atoms with van der Waals surface area (Å²) in [5, 5.41) is 0. The van der Waals surface area contributed by atoms with Gasteiger partial charge in [-0.3, -0.25) is 4.79 Å². The molecule has 0 saturated carbocycles. The number of carbonyl (C=O) groups excluding carboxylic acids is 1. The highest BCUT2D eigenvalue weighted by Crippen LogP contribution is 2.61. The minimum Gasteiger partial charge on any atom is -0.298 e. The molecule has 0 spiro atoms. The molecule has 1 nitrogen and oxygen atoms in total. The summed E-state index contributed by atoms with van der Waals surface area (Å²) in [6.45, 7) is 13.7. The lowest BCUT2D eigenvalue weighted by molar-refractivity contribution is 0.110. The van der Waals surface area contributed by atoms with Gasteiger partial charge < -0.3 is 0 Å². The molecule has 0 saturated heterocycles. The van der Waals surface area contributed by atoms with E-state index in [1.165, 1.54) is 11.1 Å². The second-order valence-electron chi connectivity index (χ2n) is 6.76. The van der Waals surface area contributed by atoms with Gasteiger partial charge in [-0.2, -0.15) is 0 Å². The molecule has 0 unspecified atom stereocenters. The molecule has 0 bridgehead atoms. The zero-order valence-electron chi connectivity index (χ0n) is 11.7. The van der Waals surface area contributed by atoms with Gasteiger partial charge in [0, 0.05) is 5.56 Å². The van der Waals surface area contributed by atoms with Gasteiger partial charge in [0.05, 0.1) is 0 Å². The summed E-state index contributed by atoms with van der Waals surface area (Å²) in [6.07, 6.45) is 0.998. The van der Waals surface area contributed by atoms with Crippen molar-refractivity contribution in [1.82, 2.24) is 0 Å². The number of carbonyl (C=O) groups is 1. The van der Waals surface area contributed by atoms with Crippen LogP contribution < -0.4 is 0 Å². The molecule has 1 aliphatic rings. The first-order valence-corrected chi connectivity index (χ1v) is 6.27. The van der Waals surface area contributed by atoms with E-state index >= 15 is 0 Å². The monoisotopic (exact) mass is 230 g/mol. The van der Waals surface area contributed by atoms with Gasteiger partial charge in [-0.1, -0.05) is 59.7 Å². The molecule has 92 valence electrons. The molecule has 0 heterocycles. The summed E-state index contributed by atoms with van der Waals surface area (Å²) in [7, 11) is 0. The van der Waals surface area contributed by atoms with Crippen molar-refractivity contribution in [2.24, 2.45) is 5.41 Å². The molecule has 0 atom stereocenters. The van der Waals surface area contributed by atoms with Gasteiger partial charge in [-0.05, 0) is 27.4 Å². The smallest absolute Gasteiger partial charge is 0.150 e. The molecule has 0 radical (unpaired) electrons. The number of benzene rings is 1. The van der Waals surface area contributed by atoms with Crippen LogP contribution >= 0.6 is 0 Å². The van der Waals surface area contributed by atoms with Crippen LogP contribution in [-0.4, -0.2) is 6.29 Å². The second-order valence-corrected chi connectivity index (χ2v) is 6.76. The lowest BCUT2D eigenvalue weighted by Gasteiger charge is -2.44. The van der Waals surface area contributed by atoms with Gasteiger partial charge in [-0.25, -0.2) is 0 Å². The van der Waals surface area contributed by atoms with Crippen LogP contribution in [-0.2, 0) is 10.8 Å². The lowest BCUT2D eigenvalue weighted by atomic mass is 9.59. The summed E-state index contributed by atoms with van der Waals surface area (Å²) < 4.78 is 0. The van der Waals surface area contributed by atoms with Crippen molar-refractivity contribution in [3.05, 3.63) is 34.9 Å². The fraction of sp³-hybridized carbons (Fsp3) is 0.562. The first-order chi connectivity index (χ1) is 7.68. The average molecular weight is 230 g/mol. The van der Waals surface area contributed by atoms with Gasteiger partial charge in [0.25, 0.3) is 0 Å². The standard InChI is InChI=1S/C16H22O/c1-14(2)12-9-7-8-11(10-17)13(12)15(3,4)16(14,5)6/h7-10H,1-6H3. The highest BCUT2D eigenvalue weighted by molar-refractivity contribution is 5.80. The van der Waals surface area contributed by atoms with Gasteiger partial charge >= 0.3 is 0 Å². The molecule has 0 N–H and O–H groups in total. The average Bonchev–Trinajstić information content (AvgIpc) is 2.36. The Bertz CT molecular complexity index is 478. The first kappa shape index (κ1) is 12.3. The van der Waals surface area contributed by atoms with Crippen LogP contribution in [0.1, 0.15) is 63.0 Å². The molecule has 1 aliphatic carbocycles. The summed E-state index contributed by atoms with van der Waals surface area (Å²) in [6, 6.07) is 6.12. The Kier molecular flexibility index (Phi) is 2.34. The third-order valence-corrected chi connectivity index (χ3v) is 5.65. The molecule has 17 heavy (non-hydrogen) atoms. The number of hydrogen-bond donors (Lipinski definition) is 0. The predicted molar refractivity (Wildman–Crippen MR) is 71.7 cm³/mol. The molecule has 1 aromatic rings. The van der Waals surface area contributed by atoms with E-state index < -0.39 is 0 Å². The van der Waals surface area contributed by atoms with Crippen molar-refractivity contribution < 1.29 is 4.79 Å². The maximum absolute atomic E-state index is 11.3. The van der Waals surface area contributed by atoms with Crippen molar-refractivity contribution in [3.63, 3.8) is 0 Å². The van der Waals surface area contributed by atoms with Crippen molar-refractivity contribution in [2.75, 3.05) is 0 Å². The molecule has 0 aliphatic heterocycles. The topological polar surface area (TPSA) is 17.1 Å². The van der Waals surface area contributed by atoms with Crippen molar-refractivity contribution >= 4 is 6.29 Å². The molecule has 0 fully saturated rings. The number of rotatable bonds is 1. The minimum atomic E-state index is 0.0172. The third kappa shape index (κ3) is 1.23. The molecule has 1 aromatic carbocycles. The Morgan fingerprint density at radius 2 is 1.53 bits per heavy atom. The normalized spacial score (nSPS) is 23.2. The highest BCUT2D eigenvalue weighted by atomic mass is 16.1. The van der Waals surface area contributed by atoms with Crippen molar-refractivity contribution in [2.45, 2.75) is 52.4 Å². The van der Waals surface area contributed by atoms with E-state index in [1.54, 1.807) is 0 Å². The number of fused-ring (bicyclic) bond motifs is 1. The Morgan fingerprint density at radius 3 is 2.06 bits per heavy atom. The van der Waals surface area contributed by atoms with Crippen LogP contribution in [0.2, 0.25) is 0 Å². The van der Waals surface area contributed by atoms with Crippen LogP contribution in [0.25, 0.3) is 0 Å². The molecule has 2 rings (SSSR count). The fourth-order valence-corrected chi connectivity index (χ4v) is 3.32. The van der Waals surface area contributed by atoms with E-state index in [2.05, 4.69) is 47.6 Å². The zero-order chi connectivity index (χ0) is 13.1. The molecular weight excluding hydrogens is 208 g/mol. The molecule has 0 aromatic heterocycles. The maximum atomic E-state index is 11.3. The molecule has 1 heteroatoms. The van der Waals surface area contributed by atoms with Gasteiger partial charge in [0.15, 0.2) is 0 Å². The summed E-state index contributed by atoms with van der Waals surface area (Å²) >= 11 is 0. The van der Waals surface area contributed by atoms with Gasteiger partial charge in [-0.15, -0.1) is 0 Å². The quantitative estimate of drug-likeness (QED) is 0.664. The van der Waals surface area contributed by atoms with Gasteiger partial charge in [0.1, 0.15) is 6.29 Å². The number of aldehydes is 1. The van der Waals surface area contributed by atoms with E-state index in [0.717, 1.165) is 11.8 Å². The van der Waals surface area contributed by atoms with E-state index in [1.807, 2.05) is 12.1 Å². The first-order valence-electron chi connectivity index (χ1n) is 6.27. The van der Waals surface area contributed by atoms with E-state index in [0.29, 0.717) is 0 Å². The fourth-order valence-electron chi connectivity index (χ4n) is 3.32. The largest absolute Gasteiger partial charge is 0.298 e. The van der Waals surface area contributed by atoms with Crippen LogP contribution in [0.15, 0.2) is 18.2 Å². The van der Waals surface area contributed by atoms with E-state index in [9.17, 15) is 4.79 Å². The van der Waals surface area contributed by atoms with E-state index in [4.69, 9.17) is 0 Å².